The SMILES string of the molecule is CC1(C)[C@H](NC(=O)c2cnc(N3CCC(CN4Cc5cc6c(cc5C4)C(=O)N(C4CCC(=O)NC4=O)C6=O)CC3)nc2)C(C)(C)[C@H]1Oc1ccc(C#N)c(Cl)c1. The monoisotopic (exact) mass is 778 g/mol. The fourth-order valence-electron chi connectivity index (χ4n) is 9.66. The molecule has 5 amide bonds. The number of nitriles is 1. The molecule has 290 valence electrons. The van der Waals surface area contributed by atoms with Crippen LogP contribution in [0, 0.1) is 28.1 Å². The predicted octanol–water partition coefficient (Wildman–Crippen LogP) is 4.25. The van der Waals surface area contributed by atoms with Crippen molar-refractivity contribution in [3.05, 3.63) is 81.1 Å². The first-order valence-corrected chi connectivity index (χ1v) is 19.4. The number of fused-ring (bicyclic) bond motifs is 2. The maximum atomic E-state index is 13.4. The largest absolute Gasteiger partial charge is 0.489 e. The maximum absolute atomic E-state index is 13.4. The van der Waals surface area contributed by atoms with Gasteiger partial charge in [-0.25, -0.2) is 9.97 Å². The van der Waals surface area contributed by atoms with Gasteiger partial charge >= 0.3 is 0 Å². The van der Waals surface area contributed by atoms with E-state index in [1.54, 1.807) is 42.7 Å². The van der Waals surface area contributed by atoms with Crippen molar-refractivity contribution >= 4 is 47.1 Å². The Bertz CT molecular complexity index is 2150. The van der Waals surface area contributed by atoms with E-state index in [9.17, 15) is 29.2 Å². The molecule has 3 fully saturated rings. The normalized spacial score (nSPS) is 24.2. The summed E-state index contributed by atoms with van der Waals surface area (Å²) in [5.74, 6) is -0.626. The number of nitrogens with one attached hydrogen (secondary N) is 2. The number of nitrogens with zero attached hydrogens (tertiary/aromatic N) is 6. The second-order valence-corrected chi connectivity index (χ2v) is 17.2. The van der Waals surface area contributed by atoms with Gasteiger partial charge in [0.25, 0.3) is 17.7 Å². The van der Waals surface area contributed by atoms with Crippen molar-refractivity contribution in [2.24, 2.45) is 16.7 Å². The molecule has 14 nitrogen and oxygen atoms in total. The molecule has 56 heavy (non-hydrogen) atoms. The van der Waals surface area contributed by atoms with Crippen LogP contribution in [-0.4, -0.2) is 87.1 Å². The molecule has 1 aromatic heterocycles. The lowest BCUT2D eigenvalue weighted by atomic mass is 9.49. The van der Waals surface area contributed by atoms with Crippen LogP contribution in [0.3, 0.4) is 0 Å². The van der Waals surface area contributed by atoms with E-state index in [2.05, 4.69) is 64.2 Å². The van der Waals surface area contributed by atoms with Crippen molar-refractivity contribution in [3.63, 3.8) is 0 Å². The summed E-state index contributed by atoms with van der Waals surface area (Å²) >= 11 is 6.23. The summed E-state index contributed by atoms with van der Waals surface area (Å²) in [4.78, 5) is 78.7. The first-order valence-electron chi connectivity index (χ1n) is 19.0. The van der Waals surface area contributed by atoms with Crippen molar-refractivity contribution in [2.75, 3.05) is 24.5 Å². The Balaban J connectivity index is 0.822. The van der Waals surface area contributed by atoms with Crippen LogP contribution in [0.25, 0.3) is 0 Å². The van der Waals surface area contributed by atoms with Crippen LogP contribution >= 0.6 is 11.6 Å². The molecule has 1 atom stereocenters. The van der Waals surface area contributed by atoms with Gasteiger partial charge < -0.3 is 15.0 Å². The Hall–Kier alpha value is -5.39. The molecule has 2 N–H and O–H groups in total. The van der Waals surface area contributed by atoms with Crippen LogP contribution in [0.1, 0.15) is 101 Å². The Morgan fingerprint density at radius 3 is 2.16 bits per heavy atom. The molecule has 3 aromatic rings. The van der Waals surface area contributed by atoms with Gasteiger partial charge in [-0.2, -0.15) is 5.26 Å². The Kier molecular flexibility index (Phi) is 9.36. The molecule has 4 aliphatic heterocycles. The first kappa shape index (κ1) is 37.5. The van der Waals surface area contributed by atoms with Crippen LogP contribution in [-0.2, 0) is 22.7 Å². The molecule has 1 saturated carbocycles. The van der Waals surface area contributed by atoms with Crippen LogP contribution in [0.5, 0.6) is 5.75 Å². The van der Waals surface area contributed by atoms with Gasteiger partial charge in [-0.15, -0.1) is 0 Å². The highest BCUT2D eigenvalue weighted by molar-refractivity contribution is 6.31. The third-order valence-electron chi connectivity index (χ3n) is 12.3. The maximum Gasteiger partial charge on any atom is 0.262 e. The van der Waals surface area contributed by atoms with Crippen molar-refractivity contribution in [1.82, 2.24) is 30.4 Å². The van der Waals surface area contributed by atoms with Gasteiger partial charge in [-0.05, 0) is 60.6 Å². The zero-order chi connectivity index (χ0) is 39.7. The molecule has 1 unspecified atom stereocenters. The minimum atomic E-state index is -0.975. The summed E-state index contributed by atoms with van der Waals surface area (Å²) in [5.41, 5.74) is 2.62. The number of carbonyl (C=O) groups excluding carboxylic acids is 5. The zero-order valence-electron chi connectivity index (χ0n) is 31.7. The summed E-state index contributed by atoms with van der Waals surface area (Å²) in [7, 11) is 0. The van der Waals surface area contributed by atoms with Crippen molar-refractivity contribution < 1.29 is 28.7 Å². The van der Waals surface area contributed by atoms with Crippen LogP contribution in [0.2, 0.25) is 5.02 Å². The van der Waals surface area contributed by atoms with Gasteiger partial charge in [-0.3, -0.25) is 39.1 Å². The third kappa shape index (κ3) is 6.46. The minimum Gasteiger partial charge on any atom is -0.489 e. The van der Waals surface area contributed by atoms with E-state index < -0.39 is 40.5 Å². The number of ether oxygens (including phenoxy) is 1. The average molecular weight is 779 g/mol. The number of amides is 5. The number of imide groups is 2. The molecule has 15 heteroatoms. The van der Waals surface area contributed by atoms with E-state index in [4.69, 9.17) is 16.3 Å². The number of piperidine rings is 2. The summed E-state index contributed by atoms with van der Waals surface area (Å²) in [5, 5.41) is 15.0. The van der Waals surface area contributed by atoms with Gasteiger partial charge in [0, 0.05) is 74.5 Å². The topological polar surface area (TPSA) is 178 Å². The lowest BCUT2D eigenvalue weighted by Crippen LogP contribution is -2.74. The number of rotatable bonds is 8. The van der Waals surface area contributed by atoms with E-state index in [1.165, 1.54) is 0 Å². The van der Waals surface area contributed by atoms with Gasteiger partial charge in [-0.1, -0.05) is 39.3 Å². The third-order valence-corrected chi connectivity index (χ3v) is 12.6. The van der Waals surface area contributed by atoms with E-state index >= 15 is 0 Å². The average Bonchev–Trinajstić information content (AvgIpc) is 3.67. The number of halogens is 1. The molecule has 5 heterocycles. The number of hydrogen-bond acceptors (Lipinski definition) is 11. The Labute approximate surface area is 329 Å². The molecule has 0 bridgehead atoms. The van der Waals surface area contributed by atoms with E-state index in [-0.39, 0.29) is 30.9 Å². The van der Waals surface area contributed by atoms with Gasteiger partial charge in [0.1, 0.15) is 24.0 Å². The fraction of sp³-hybridized carbons (Fsp3) is 0.463. The molecule has 0 radical (unpaired) electrons. The summed E-state index contributed by atoms with van der Waals surface area (Å²) in [6.45, 7) is 12.0. The highest BCUT2D eigenvalue weighted by Crippen LogP contribution is 2.55. The molecular weight excluding hydrogens is 736 g/mol. The minimum absolute atomic E-state index is 0.0867. The first-order chi connectivity index (χ1) is 26.6. The number of aromatic nitrogens is 2. The molecule has 1 aliphatic carbocycles. The number of carbonyl (C=O) groups is 5. The van der Waals surface area contributed by atoms with E-state index in [0.29, 0.717) is 58.0 Å². The standard InChI is InChI=1S/C41H43ClN8O6/c1-40(2)37(41(3,4)38(40)56-27-6-5-23(16-43)30(42)15-27)47-33(52)26-17-44-39(45-18-26)49-11-9-22(10-12-49)19-48-20-24-13-28-29(14-25(24)21-48)36(55)50(35(28)54)31-7-8-32(51)46-34(31)53/h5-6,13-15,17-18,22,31,37-38H,7-12,19-21H2,1-4H3,(H,47,52)(H,46,51,53)/t31?,37-,38-. The fourth-order valence-corrected chi connectivity index (χ4v) is 9.87. The smallest absolute Gasteiger partial charge is 0.262 e. The van der Waals surface area contributed by atoms with Crippen molar-refractivity contribution in [3.8, 4) is 11.8 Å². The van der Waals surface area contributed by atoms with E-state index in [1.807, 2.05) is 0 Å². The summed E-state index contributed by atoms with van der Waals surface area (Å²) in [6.07, 6.45) is 5.04. The van der Waals surface area contributed by atoms with Crippen molar-refractivity contribution in [1.29, 1.82) is 5.26 Å². The molecule has 2 saturated heterocycles. The molecular formula is C41H43ClN8O6. The number of anilines is 1. The zero-order valence-corrected chi connectivity index (χ0v) is 32.5. The van der Waals surface area contributed by atoms with Gasteiger partial charge in [0.2, 0.25) is 17.8 Å². The highest BCUT2D eigenvalue weighted by Gasteiger charge is 2.64. The summed E-state index contributed by atoms with van der Waals surface area (Å²) < 4.78 is 6.35. The lowest BCUT2D eigenvalue weighted by molar-refractivity contribution is -0.164. The number of benzene rings is 2. The molecule has 2 aromatic carbocycles. The molecule has 8 rings (SSSR count). The van der Waals surface area contributed by atoms with Crippen LogP contribution < -0.4 is 20.3 Å². The van der Waals surface area contributed by atoms with E-state index in [0.717, 1.165) is 48.5 Å². The lowest BCUT2D eigenvalue weighted by Gasteiger charge is -2.63. The van der Waals surface area contributed by atoms with Gasteiger partial charge in [0.05, 0.1) is 27.3 Å². The van der Waals surface area contributed by atoms with Crippen LogP contribution in [0.4, 0.5) is 5.95 Å². The predicted molar refractivity (Wildman–Crippen MR) is 204 cm³/mol. The van der Waals surface area contributed by atoms with Crippen molar-refractivity contribution in [2.45, 2.75) is 84.7 Å². The Morgan fingerprint density at radius 2 is 1.59 bits per heavy atom. The second-order valence-electron chi connectivity index (χ2n) is 16.8. The highest BCUT2D eigenvalue weighted by atomic mass is 35.5. The molecule has 0 spiro atoms. The second kappa shape index (κ2) is 14.0. The number of hydrogen-bond donors (Lipinski definition) is 2. The Morgan fingerprint density at radius 1 is 0.964 bits per heavy atom. The van der Waals surface area contributed by atoms with Crippen LogP contribution in [0.15, 0.2) is 42.7 Å². The van der Waals surface area contributed by atoms with Gasteiger partial charge in [0.15, 0.2) is 0 Å². The quantitative estimate of drug-likeness (QED) is 0.313. The summed E-state index contributed by atoms with van der Waals surface area (Å²) in [6, 6.07) is 9.52. The molecule has 5 aliphatic rings.